The van der Waals surface area contributed by atoms with Gasteiger partial charge in [0.2, 0.25) is 0 Å². The highest BCUT2D eigenvalue weighted by Crippen LogP contribution is 2.23. The number of halogens is 1. The molecule has 2 aromatic carbocycles. The number of carbonyl (C=O) groups excluding carboxylic acids is 1. The molecule has 2 aromatic heterocycles. The smallest absolute Gasteiger partial charge is 0.307 e. The van der Waals surface area contributed by atoms with Gasteiger partial charge in [0.05, 0.1) is 18.7 Å². The summed E-state index contributed by atoms with van der Waals surface area (Å²) in [7, 11) is 0. The van der Waals surface area contributed by atoms with Crippen LogP contribution >= 0.6 is 0 Å². The maximum Gasteiger partial charge on any atom is 0.307 e. The van der Waals surface area contributed by atoms with Crippen molar-refractivity contribution in [2.24, 2.45) is 0 Å². The number of benzene rings is 2. The molecule has 176 valence electrons. The molecule has 0 aliphatic carbocycles. The first kappa shape index (κ1) is 23.2. The van der Waals surface area contributed by atoms with Crippen molar-refractivity contribution in [3.05, 3.63) is 82.6 Å². The summed E-state index contributed by atoms with van der Waals surface area (Å²) in [6.07, 6.45) is 0.753. The standard InChI is InChI=1S/C26H27FN4O3/c1-4-11-30-23-8-6-5-7-18(23)12-24(30)26(34)28-20-10-9-19(22(27)13-20)15-31-17(3)21(14-25(32)33)16(2)29-31/h5-10,12-13H,4,11,14-15H2,1-3H3,(H,28,34)(H,32,33). The third-order valence-electron chi connectivity index (χ3n) is 5.98. The molecule has 0 aliphatic rings. The van der Waals surface area contributed by atoms with Crippen LogP contribution in [0.3, 0.4) is 0 Å². The molecular formula is C26H27FN4O3. The van der Waals surface area contributed by atoms with E-state index in [1.165, 1.54) is 6.07 Å². The van der Waals surface area contributed by atoms with Crippen LogP contribution in [0.4, 0.5) is 10.1 Å². The highest BCUT2D eigenvalue weighted by atomic mass is 19.1. The van der Waals surface area contributed by atoms with Gasteiger partial charge in [-0.2, -0.15) is 5.10 Å². The lowest BCUT2D eigenvalue weighted by Gasteiger charge is -2.12. The molecule has 0 saturated carbocycles. The van der Waals surface area contributed by atoms with E-state index in [-0.39, 0.29) is 18.9 Å². The number of carboxylic acid groups (broad SMARTS) is 1. The second kappa shape index (κ2) is 9.51. The Bertz CT molecular complexity index is 1390. The molecule has 0 unspecified atom stereocenters. The summed E-state index contributed by atoms with van der Waals surface area (Å²) in [5.74, 6) is -1.71. The lowest BCUT2D eigenvalue weighted by molar-refractivity contribution is -0.136. The van der Waals surface area contributed by atoms with E-state index in [2.05, 4.69) is 17.3 Å². The summed E-state index contributed by atoms with van der Waals surface area (Å²) in [4.78, 5) is 24.1. The number of aromatic nitrogens is 3. The first-order valence-corrected chi connectivity index (χ1v) is 11.2. The van der Waals surface area contributed by atoms with E-state index in [0.29, 0.717) is 40.4 Å². The second-order valence-electron chi connectivity index (χ2n) is 8.38. The van der Waals surface area contributed by atoms with Crippen molar-refractivity contribution in [3.63, 3.8) is 0 Å². The molecule has 34 heavy (non-hydrogen) atoms. The SMILES string of the molecule is CCCn1c(C(=O)Nc2ccc(Cn3nc(C)c(CC(=O)O)c3C)c(F)c2)cc2ccccc21. The average Bonchev–Trinajstić information content (AvgIpc) is 3.28. The largest absolute Gasteiger partial charge is 0.481 e. The lowest BCUT2D eigenvalue weighted by atomic mass is 10.1. The van der Waals surface area contributed by atoms with Crippen LogP contribution in [0.25, 0.3) is 10.9 Å². The first-order chi connectivity index (χ1) is 16.3. The van der Waals surface area contributed by atoms with E-state index in [0.717, 1.165) is 17.3 Å². The molecule has 0 bridgehead atoms. The molecule has 7 nitrogen and oxygen atoms in total. The lowest BCUT2D eigenvalue weighted by Crippen LogP contribution is -2.17. The Balaban J connectivity index is 1.55. The van der Waals surface area contributed by atoms with E-state index in [1.807, 2.05) is 34.9 Å². The Morgan fingerprint density at radius 2 is 1.88 bits per heavy atom. The van der Waals surface area contributed by atoms with Gasteiger partial charge >= 0.3 is 5.97 Å². The van der Waals surface area contributed by atoms with Crippen LogP contribution < -0.4 is 5.32 Å². The van der Waals surface area contributed by atoms with Crippen LogP contribution in [0.1, 0.15) is 46.3 Å². The number of hydrogen-bond donors (Lipinski definition) is 2. The summed E-state index contributed by atoms with van der Waals surface area (Å²) in [6, 6.07) is 14.2. The Hall–Kier alpha value is -3.94. The predicted molar refractivity (Wildman–Crippen MR) is 129 cm³/mol. The Morgan fingerprint density at radius 1 is 1.12 bits per heavy atom. The number of carbonyl (C=O) groups is 2. The topological polar surface area (TPSA) is 89.2 Å². The van der Waals surface area contributed by atoms with Crippen LogP contribution in [0.2, 0.25) is 0 Å². The number of hydrogen-bond acceptors (Lipinski definition) is 3. The summed E-state index contributed by atoms with van der Waals surface area (Å²) in [5, 5.41) is 17.3. The molecule has 4 rings (SSSR count). The highest BCUT2D eigenvalue weighted by Gasteiger charge is 2.18. The number of anilines is 1. The van der Waals surface area contributed by atoms with Gasteiger partial charge in [0.25, 0.3) is 5.91 Å². The van der Waals surface area contributed by atoms with E-state index >= 15 is 0 Å². The number of nitrogens with one attached hydrogen (secondary N) is 1. The summed E-state index contributed by atoms with van der Waals surface area (Å²) in [5.41, 5.74) is 4.22. The first-order valence-electron chi connectivity index (χ1n) is 11.2. The van der Waals surface area contributed by atoms with Crippen molar-refractivity contribution in [2.45, 2.75) is 46.7 Å². The van der Waals surface area contributed by atoms with Gasteiger partial charge in [-0.15, -0.1) is 0 Å². The van der Waals surface area contributed by atoms with Crippen molar-refractivity contribution >= 4 is 28.5 Å². The van der Waals surface area contributed by atoms with E-state index in [4.69, 9.17) is 5.11 Å². The van der Waals surface area contributed by atoms with Gasteiger partial charge in [0, 0.05) is 40.0 Å². The van der Waals surface area contributed by atoms with Crippen molar-refractivity contribution in [2.75, 3.05) is 5.32 Å². The molecule has 0 fully saturated rings. The summed E-state index contributed by atoms with van der Waals surface area (Å²) in [6.45, 7) is 6.44. The molecule has 0 spiro atoms. The number of amides is 1. The van der Waals surface area contributed by atoms with Crippen LogP contribution in [0.15, 0.2) is 48.5 Å². The van der Waals surface area contributed by atoms with Crippen LogP contribution in [0.5, 0.6) is 0 Å². The number of fused-ring (bicyclic) bond motifs is 1. The fraction of sp³-hybridized carbons (Fsp3) is 0.269. The maximum absolute atomic E-state index is 14.9. The number of rotatable bonds is 8. The molecular weight excluding hydrogens is 435 g/mol. The number of aliphatic carboxylic acids is 1. The molecule has 8 heteroatoms. The third-order valence-corrected chi connectivity index (χ3v) is 5.98. The van der Waals surface area contributed by atoms with E-state index < -0.39 is 11.8 Å². The van der Waals surface area contributed by atoms with Gasteiger partial charge in [-0.3, -0.25) is 14.3 Å². The van der Waals surface area contributed by atoms with Crippen LogP contribution in [-0.4, -0.2) is 31.3 Å². The zero-order valence-electron chi connectivity index (χ0n) is 19.4. The van der Waals surface area contributed by atoms with E-state index in [1.54, 1.807) is 30.7 Å². The van der Waals surface area contributed by atoms with Gasteiger partial charge in [0.1, 0.15) is 11.5 Å². The monoisotopic (exact) mass is 462 g/mol. The predicted octanol–water partition coefficient (Wildman–Crippen LogP) is 4.93. The highest BCUT2D eigenvalue weighted by molar-refractivity contribution is 6.06. The minimum absolute atomic E-state index is 0.125. The zero-order valence-corrected chi connectivity index (χ0v) is 19.4. The van der Waals surface area contributed by atoms with Gasteiger partial charge in [-0.1, -0.05) is 31.2 Å². The maximum atomic E-state index is 14.9. The summed E-state index contributed by atoms with van der Waals surface area (Å²) < 4.78 is 18.5. The summed E-state index contributed by atoms with van der Waals surface area (Å²) >= 11 is 0. The van der Waals surface area contributed by atoms with Gasteiger partial charge < -0.3 is 15.0 Å². The van der Waals surface area contributed by atoms with E-state index in [9.17, 15) is 14.0 Å². The van der Waals surface area contributed by atoms with Gasteiger partial charge in [-0.05, 0) is 44.5 Å². The molecule has 0 radical (unpaired) electrons. The van der Waals surface area contributed by atoms with Gasteiger partial charge in [0.15, 0.2) is 0 Å². The number of para-hydroxylation sites is 1. The van der Waals surface area contributed by atoms with Gasteiger partial charge in [-0.25, -0.2) is 4.39 Å². The number of aryl methyl sites for hydroxylation is 2. The quantitative estimate of drug-likeness (QED) is 0.389. The Labute approximate surface area is 196 Å². The van der Waals surface area contributed by atoms with Crippen LogP contribution in [0, 0.1) is 19.7 Å². The Kier molecular flexibility index (Phi) is 6.49. The van der Waals surface area contributed by atoms with Crippen molar-refractivity contribution in [3.8, 4) is 0 Å². The molecule has 0 atom stereocenters. The molecule has 4 aromatic rings. The number of nitrogens with zero attached hydrogens (tertiary/aromatic N) is 3. The molecule has 0 saturated heterocycles. The fourth-order valence-corrected chi connectivity index (χ4v) is 4.27. The molecule has 0 aliphatic heterocycles. The van der Waals surface area contributed by atoms with Crippen molar-refractivity contribution < 1.29 is 19.1 Å². The zero-order chi connectivity index (χ0) is 24.4. The minimum Gasteiger partial charge on any atom is -0.481 e. The van der Waals surface area contributed by atoms with Crippen LogP contribution in [-0.2, 0) is 24.3 Å². The Morgan fingerprint density at radius 3 is 2.59 bits per heavy atom. The molecule has 2 N–H and O–H groups in total. The normalized spacial score (nSPS) is 11.2. The minimum atomic E-state index is -0.935. The van der Waals surface area contributed by atoms with Crippen molar-refractivity contribution in [1.29, 1.82) is 0 Å². The molecule has 1 amide bonds. The molecule has 2 heterocycles. The fourth-order valence-electron chi connectivity index (χ4n) is 4.27. The average molecular weight is 463 g/mol. The van der Waals surface area contributed by atoms with Crippen molar-refractivity contribution in [1.82, 2.24) is 14.3 Å². The third kappa shape index (κ3) is 4.57. The number of carboxylic acids is 1. The second-order valence-corrected chi connectivity index (χ2v) is 8.38.